The Hall–Kier alpha value is -2.28. The highest BCUT2D eigenvalue weighted by atomic mass is 19.2. The Balaban J connectivity index is 1.58. The van der Waals surface area contributed by atoms with Crippen LogP contribution in [0.1, 0.15) is 49.7 Å². The molecule has 0 unspecified atom stereocenters. The van der Waals surface area contributed by atoms with Gasteiger partial charge in [0.15, 0.2) is 23.1 Å². The van der Waals surface area contributed by atoms with Crippen LogP contribution in [0.25, 0.3) is 0 Å². The van der Waals surface area contributed by atoms with Crippen molar-refractivity contribution >= 4 is 0 Å². The van der Waals surface area contributed by atoms with Crippen molar-refractivity contribution in [3.8, 4) is 11.5 Å². The van der Waals surface area contributed by atoms with E-state index in [1.54, 1.807) is 13.0 Å². The Labute approximate surface area is 167 Å². The molecule has 3 rings (SSSR count). The monoisotopic (exact) mass is 412 g/mol. The van der Waals surface area contributed by atoms with E-state index in [2.05, 4.69) is 0 Å². The lowest BCUT2D eigenvalue weighted by Crippen LogP contribution is -2.20. The number of benzene rings is 2. The molecule has 0 heterocycles. The summed E-state index contributed by atoms with van der Waals surface area (Å²) >= 11 is 0. The molecule has 1 fully saturated rings. The summed E-state index contributed by atoms with van der Waals surface area (Å²) in [5.41, 5.74) is 0.220. The first-order valence-electron chi connectivity index (χ1n) is 9.77. The van der Waals surface area contributed by atoms with Gasteiger partial charge in [-0.25, -0.2) is 8.78 Å². The maximum Gasteiger partial charge on any atom is 0.200 e. The summed E-state index contributed by atoms with van der Waals surface area (Å²) in [4.78, 5) is 0. The van der Waals surface area contributed by atoms with E-state index in [4.69, 9.17) is 14.6 Å². The van der Waals surface area contributed by atoms with Gasteiger partial charge in [-0.3, -0.25) is 0 Å². The van der Waals surface area contributed by atoms with Crippen LogP contribution < -0.4 is 9.47 Å². The molecule has 0 atom stereocenters. The van der Waals surface area contributed by atoms with Gasteiger partial charge in [0.2, 0.25) is 11.6 Å². The van der Waals surface area contributed by atoms with Gasteiger partial charge in [-0.1, -0.05) is 6.07 Å². The molecule has 158 valence electrons. The molecule has 7 heteroatoms. The maximum absolute atomic E-state index is 14.4. The van der Waals surface area contributed by atoms with Crippen LogP contribution >= 0.6 is 0 Å². The van der Waals surface area contributed by atoms with Gasteiger partial charge < -0.3 is 14.6 Å². The zero-order valence-electron chi connectivity index (χ0n) is 16.2. The summed E-state index contributed by atoms with van der Waals surface area (Å²) in [5.74, 6) is -4.32. The van der Waals surface area contributed by atoms with Crippen LogP contribution in [0.2, 0.25) is 0 Å². The Morgan fingerprint density at radius 1 is 0.828 bits per heavy atom. The van der Waals surface area contributed by atoms with Gasteiger partial charge in [0, 0.05) is 5.56 Å². The molecule has 0 aromatic heterocycles. The Morgan fingerprint density at radius 3 is 2.10 bits per heavy atom. The molecule has 1 N–H and O–H groups in total. The molecule has 2 aromatic rings. The van der Waals surface area contributed by atoms with Gasteiger partial charge in [0.25, 0.3) is 0 Å². The van der Waals surface area contributed by atoms with Crippen LogP contribution in [0.3, 0.4) is 0 Å². The summed E-state index contributed by atoms with van der Waals surface area (Å²) in [7, 11) is 0. The molecule has 1 aliphatic carbocycles. The van der Waals surface area contributed by atoms with E-state index in [1.807, 2.05) is 0 Å². The maximum atomic E-state index is 14.4. The first kappa shape index (κ1) is 21.4. The molecule has 1 saturated carbocycles. The summed E-state index contributed by atoms with van der Waals surface area (Å²) < 4.78 is 66.7. The van der Waals surface area contributed by atoms with Crippen LogP contribution in [0.4, 0.5) is 17.6 Å². The number of ether oxygens (including phenoxy) is 2. The number of halogens is 4. The fraction of sp³-hybridized carbons (Fsp3) is 0.455. The highest BCUT2D eigenvalue weighted by molar-refractivity contribution is 5.33. The largest absolute Gasteiger partial charge is 0.491 e. The van der Waals surface area contributed by atoms with E-state index >= 15 is 0 Å². The van der Waals surface area contributed by atoms with Crippen molar-refractivity contribution in [3.05, 3.63) is 58.7 Å². The van der Waals surface area contributed by atoms with Crippen molar-refractivity contribution in [1.29, 1.82) is 0 Å². The van der Waals surface area contributed by atoms with E-state index < -0.39 is 29.9 Å². The van der Waals surface area contributed by atoms with Crippen molar-refractivity contribution in [3.63, 3.8) is 0 Å². The van der Waals surface area contributed by atoms with Crippen molar-refractivity contribution in [2.24, 2.45) is 5.92 Å². The number of rotatable bonds is 7. The Kier molecular flexibility index (Phi) is 7.00. The zero-order chi connectivity index (χ0) is 21.0. The number of hydrogen-bond acceptors (Lipinski definition) is 3. The van der Waals surface area contributed by atoms with E-state index in [0.717, 1.165) is 0 Å². The van der Waals surface area contributed by atoms with E-state index in [1.165, 1.54) is 18.2 Å². The van der Waals surface area contributed by atoms with Crippen LogP contribution in [-0.4, -0.2) is 18.3 Å². The quantitative estimate of drug-likeness (QED) is 0.612. The molecule has 0 bridgehead atoms. The molecular formula is C22H24F4O3. The Bertz CT molecular complexity index is 848. The van der Waals surface area contributed by atoms with Crippen LogP contribution in [-0.2, 0) is 6.61 Å². The van der Waals surface area contributed by atoms with Gasteiger partial charge in [-0.15, -0.1) is 0 Å². The van der Waals surface area contributed by atoms with E-state index in [0.29, 0.717) is 31.2 Å². The van der Waals surface area contributed by atoms with Crippen LogP contribution in [0.5, 0.6) is 11.5 Å². The molecule has 0 spiro atoms. The van der Waals surface area contributed by atoms with Crippen molar-refractivity contribution < 1.29 is 32.1 Å². The van der Waals surface area contributed by atoms with Crippen molar-refractivity contribution in [1.82, 2.24) is 0 Å². The molecule has 29 heavy (non-hydrogen) atoms. The third-order valence-electron chi connectivity index (χ3n) is 5.43. The number of aliphatic hydroxyl groups is 1. The zero-order valence-corrected chi connectivity index (χ0v) is 16.2. The third kappa shape index (κ3) is 4.66. The third-order valence-corrected chi connectivity index (χ3v) is 5.43. The molecule has 0 radical (unpaired) electrons. The average Bonchev–Trinajstić information content (AvgIpc) is 2.73. The minimum absolute atomic E-state index is 0.0858. The fourth-order valence-electron chi connectivity index (χ4n) is 3.78. The van der Waals surface area contributed by atoms with Crippen LogP contribution in [0.15, 0.2) is 24.3 Å². The second kappa shape index (κ2) is 9.48. The van der Waals surface area contributed by atoms with Gasteiger partial charge in [0.05, 0.1) is 19.8 Å². The second-order valence-corrected chi connectivity index (χ2v) is 7.25. The molecule has 0 aliphatic heterocycles. The van der Waals surface area contributed by atoms with E-state index in [-0.39, 0.29) is 42.1 Å². The predicted molar refractivity (Wildman–Crippen MR) is 100 cm³/mol. The van der Waals surface area contributed by atoms with Crippen molar-refractivity contribution in [2.45, 2.75) is 45.1 Å². The summed E-state index contributed by atoms with van der Waals surface area (Å²) in [6.07, 6.45) is 2.72. The highest BCUT2D eigenvalue weighted by Gasteiger charge is 2.27. The first-order valence-corrected chi connectivity index (χ1v) is 9.77. The lowest BCUT2D eigenvalue weighted by Gasteiger charge is -2.29. The molecule has 2 aromatic carbocycles. The lowest BCUT2D eigenvalue weighted by atomic mass is 9.79. The van der Waals surface area contributed by atoms with Crippen LogP contribution in [0, 0.1) is 29.2 Å². The normalized spacial score (nSPS) is 19.2. The SMILES string of the molecule is CCOc1ccc(C2CCC(COc3ccc(CO)c(F)c3F)CC2)c(F)c1F. The van der Waals surface area contributed by atoms with Crippen molar-refractivity contribution in [2.75, 3.05) is 13.2 Å². The van der Waals surface area contributed by atoms with Gasteiger partial charge in [-0.05, 0) is 68.2 Å². The highest BCUT2D eigenvalue weighted by Crippen LogP contribution is 2.39. The molecular weight excluding hydrogens is 388 g/mol. The van der Waals surface area contributed by atoms with Gasteiger partial charge in [0.1, 0.15) is 0 Å². The van der Waals surface area contributed by atoms with E-state index in [9.17, 15) is 17.6 Å². The summed E-state index contributed by atoms with van der Waals surface area (Å²) in [6, 6.07) is 5.62. The topological polar surface area (TPSA) is 38.7 Å². The predicted octanol–water partition coefficient (Wildman–Crippen LogP) is 5.49. The number of hydrogen-bond donors (Lipinski definition) is 1. The smallest absolute Gasteiger partial charge is 0.200 e. The fourth-order valence-corrected chi connectivity index (χ4v) is 3.78. The number of aliphatic hydroxyl groups excluding tert-OH is 1. The summed E-state index contributed by atoms with van der Waals surface area (Å²) in [6.45, 7) is 1.58. The summed E-state index contributed by atoms with van der Waals surface area (Å²) in [5, 5.41) is 8.96. The van der Waals surface area contributed by atoms with Gasteiger partial charge in [-0.2, -0.15) is 8.78 Å². The molecule has 3 nitrogen and oxygen atoms in total. The first-order chi connectivity index (χ1) is 14.0. The van der Waals surface area contributed by atoms with Gasteiger partial charge >= 0.3 is 0 Å². The Morgan fingerprint density at radius 2 is 1.45 bits per heavy atom. The standard InChI is InChI=1S/C22H24F4O3/c1-2-28-17-10-8-16(20(24)22(17)26)14-5-3-13(4-6-14)12-29-18-9-7-15(11-27)19(23)21(18)25/h7-10,13-14,27H,2-6,11-12H2,1H3. The lowest BCUT2D eigenvalue weighted by molar-refractivity contribution is 0.191. The molecule has 0 amide bonds. The average molecular weight is 412 g/mol. The minimum atomic E-state index is -1.11. The second-order valence-electron chi connectivity index (χ2n) is 7.25. The molecule has 0 saturated heterocycles. The minimum Gasteiger partial charge on any atom is -0.491 e. The molecule has 1 aliphatic rings.